The van der Waals surface area contributed by atoms with Crippen molar-refractivity contribution in [2.45, 2.75) is 102 Å². The lowest BCUT2D eigenvalue weighted by Crippen LogP contribution is -2.21. The summed E-state index contributed by atoms with van der Waals surface area (Å²) in [5.74, 6) is 0.598. The molecule has 0 bridgehead atoms. The number of para-hydroxylation sites is 2. The Hall–Kier alpha value is -10.6. The highest BCUT2D eigenvalue weighted by atomic mass is 15.1. The van der Waals surface area contributed by atoms with Gasteiger partial charge in [0.1, 0.15) is 23.3 Å². The molecular formula is C86H71N7. The van der Waals surface area contributed by atoms with Gasteiger partial charge in [-0.05, 0) is 219 Å². The molecule has 9 aliphatic carbocycles. The lowest BCUT2D eigenvalue weighted by atomic mass is 9.83. The molecular weight excluding hydrogens is 1130 g/mol. The van der Waals surface area contributed by atoms with Gasteiger partial charge in [0.05, 0.1) is 33.8 Å². The van der Waals surface area contributed by atoms with Crippen molar-refractivity contribution in [1.82, 2.24) is 18.3 Å². The SMILES string of the molecule is N#Cc1c(-n2c3c(c4c2C=CC(C2=CCCC=C2)C4)CCC=C3)c(-n2c3c(c4ccccc42)CC(c2ccccc2)C=C3)c(C#N)c(-n2c3c(c4c2C=CC(C2=CCCC=C2)C4)CCC=C3)c1-n1c2c(c3cc(Nc4ccccc4C4=CCCC=C4)ccc31)CCC=C2. The predicted octanol–water partition coefficient (Wildman–Crippen LogP) is 20.5. The number of hydrogen-bond donors (Lipinski definition) is 1. The summed E-state index contributed by atoms with van der Waals surface area (Å²) in [4.78, 5) is 0. The molecule has 9 aromatic rings. The van der Waals surface area contributed by atoms with Crippen LogP contribution in [0.3, 0.4) is 0 Å². The summed E-state index contributed by atoms with van der Waals surface area (Å²) in [5.41, 5.74) is 28.6. The Labute approximate surface area is 544 Å². The average molecular weight is 1200 g/mol. The van der Waals surface area contributed by atoms with Crippen molar-refractivity contribution < 1.29 is 0 Å². The van der Waals surface area contributed by atoms with Crippen LogP contribution in [0.1, 0.15) is 154 Å². The minimum Gasteiger partial charge on any atom is -0.355 e. The number of allylic oxidation sites excluding steroid dienone is 18. The van der Waals surface area contributed by atoms with Crippen molar-refractivity contribution >= 4 is 75.2 Å². The first kappa shape index (κ1) is 55.3. The minimum atomic E-state index is 0.152. The first-order valence-corrected chi connectivity index (χ1v) is 34.0. The Morgan fingerprint density at radius 1 is 0.376 bits per heavy atom. The highest BCUT2D eigenvalue weighted by molar-refractivity contribution is 6.00. The van der Waals surface area contributed by atoms with Crippen LogP contribution >= 0.6 is 0 Å². The Balaban J connectivity index is 0.982. The molecule has 0 spiro atoms. The zero-order chi connectivity index (χ0) is 61.7. The number of aromatic nitrogens is 4. The fourth-order valence-corrected chi connectivity index (χ4v) is 17.3. The van der Waals surface area contributed by atoms with Gasteiger partial charge in [-0.15, -0.1) is 0 Å². The smallest absolute Gasteiger partial charge is 0.104 e. The van der Waals surface area contributed by atoms with Crippen LogP contribution in [0.25, 0.3) is 86.6 Å². The van der Waals surface area contributed by atoms with Gasteiger partial charge in [-0.1, -0.05) is 158 Å². The largest absolute Gasteiger partial charge is 0.355 e. The van der Waals surface area contributed by atoms with E-state index in [0.717, 1.165) is 186 Å². The van der Waals surface area contributed by atoms with Crippen molar-refractivity contribution in [1.29, 1.82) is 10.5 Å². The molecule has 0 fully saturated rings. The maximum atomic E-state index is 13.2. The lowest BCUT2D eigenvalue weighted by Gasteiger charge is -2.30. The normalized spacial score (nSPS) is 19.5. The highest BCUT2D eigenvalue weighted by Crippen LogP contribution is 2.52. The molecule has 9 aliphatic rings. The number of nitriles is 2. The number of anilines is 2. The molecule has 7 nitrogen and oxygen atoms in total. The fourth-order valence-electron chi connectivity index (χ4n) is 17.3. The zero-order valence-electron chi connectivity index (χ0n) is 52.4. The molecule has 7 heteroatoms. The second-order valence-corrected chi connectivity index (χ2v) is 26.6. The summed E-state index contributed by atoms with van der Waals surface area (Å²) in [7, 11) is 0. The van der Waals surface area contributed by atoms with Crippen LogP contribution in [0.5, 0.6) is 0 Å². The van der Waals surface area contributed by atoms with Gasteiger partial charge in [0.15, 0.2) is 0 Å². The Kier molecular flexibility index (Phi) is 13.5. The molecule has 450 valence electrons. The van der Waals surface area contributed by atoms with Crippen LogP contribution < -0.4 is 5.32 Å². The lowest BCUT2D eigenvalue weighted by molar-refractivity contribution is 0.740. The van der Waals surface area contributed by atoms with E-state index in [2.05, 4.69) is 260 Å². The molecule has 3 atom stereocenters. The molecule has 3 unspecified atom stereocenters. The molecule has 0 amide bonds. The van der Waals surface area contributed by atoms with E-state index in [0.29, 0.717) is 11.1 Å². The molecule has 4 aromatic heterocycles. The third kappa shape index (κ3) is 8.88. The number of hydrogen-bond acceptors (Lipinski definition) is 3. The van der Waals surface area contributed by atoms with E-state index in [4.69, 9.17) is 0 Å². The van der Waals surface area contributed by atoms with Gasteiger partial charge in [-0.2, -0.15) is 10.5 Å². The van der Waals surface area contributed by atoms with Crippen LogP contribution in [-0.4, -0.2) is 18.3 Å². The third-order valence-corrected chi connectivity index (χ3v) is 21.5. The van der Waals surface area contributed by atoms with Crippen LogP contribution in [0.2, 0.25) is 0 Å². The summed E-state index contributed by atoms with van der Waals surface area (Å²) in [6.45, 7) is 0. The number of benzene rings is 5. The monoisotopic (exact) mass is 1200 g/mol. The second-order valence-electron chi connectivity index (χ2n) is 26.6. The second kappa shape index (κ2) is 22.7. The van der Waals surface area contributed by atoms with Crippen LogP contribution in [0.15, 0.2) is 199 Å². The number of fused-ring (bicyclic) bond motifs is 12. The Bertz CT molecular complexity index is 5180. The molecule has 93 heavy (non-hydrogen) atoms. The number of aryl methyl sites for hydroxylation is 1. The number of rotatable bonds is 10. The predicted molar refractivity (Wildman–Crippen MR) is 384 cm³/mol. The average Bonchev–Trinajstić information content (AvgIpc) is 1.60. The Morgan fingerprint density at radius 2 is 0.860 bits per heavy atom. The molecule has 4 heterocycles. The standard InChI is InChI=1S/C86H71N7/c87-53-72-83(90-75-37-19-14-32-64(75)68-49-59(41-45-79(68)90)55-23-5-1-6-24-55)84(91-76-38-20-15-33-65(76)69-50-60(42-46-80(69)91)56-25-7-2-8-26-56)73(54-88)86(85(72)92-77-39-21-16-34-66(77)70-51-61(43-47-81(70)92)57-27-9-3-10-28-57)93-78-40-22-17-35-67(78)71-52-62(44-48-82(71)93)89-74-36-18-13-31-63(74)58-29-11-4-12-30-58/h1,5-7,9,11,13-14,18-32,36-48,52,59-61,89H,2-4,8,10,12,15-17,33-35,49-51H2. The Morgan fingerprint density at radius 3 is 1.45 bits per heavy atom. The van der Waals surface area contributed by atoms with Crippen molar-refractivity contribution in [3.63, 3.8) is 0 Å². The summed E-state index contributed by atoms with van der Waals surface area (Å²) in [5, 5.41) is 32.6. The van der Waals surface area contributed by atoms with Gasteiger partial charge in [-0.25, -0.2) is 0 Å². The topological polar surface area (TPSA) is 79.3 Å². The maximum Gasteiger partial charge on any atom is 0.104 e. The molecule has 0 aliphatic heterocycles. The highest BCUT2D eigenvalue weighted by Gasteiger charge is 2.40. The van der Waals surface area contributed by atoms with E-state index in [1.807, 2.05) is 0 Å². The van der Waals surface area contributed by atoms with Crippen molar-refractivity contribution in [2.75, 3.05) is 5.32 Å². The first-order chi connectivity index (χ1) is 46.1. The molecule has 5 aromatic carbocycles. The van der Waals surface area contributed by atoms with Gasteiger partial charge >= 0.3 is 0 Å². The maximum absolute atomic E-state index is 13.2. The molecule has 0 saturated heterocycles. The van der Waals surface area contributed by atoms with Crippen molar-refractivity contribution in [2.24, 2.45) is 11.8 Å². The van der Waals surface area contributed by atoms with Gasteiger partial charge < -0.3 is 23.6 Å². The van der Waals surface area contributed by atoms with E-state index in [9.17, 15) is 10.5 Å². The van der Waals surface area contributed by atoms with Crippen LogP contribution in [-0.2, 0) is 38.5 Å². The van der Waals surface area contributed by atoms with Gasteiger partial charge in [0.2, 0.25) is 0 Å². The third-order valence-electron chi connectivity index (χ3n) is 21.5. The summed E-state index contributed by atoms with van der Waals surface area (Å²) < 4.78 is 9.71. The first-order valence-electron chi connectivity index (χ1n) is 34.0. The summed E-state index contributed by atoms with van der Waals surface area (Å²) in [6, 6.07) is 41.4. The van der Waals surface area contributed by atoms with Crippen molar-refractivity contribution in [3.05, 3.63) is 289 Å². The van der Waals surface area contributed by atoms with E-state index in [-0.39, 0.29) is 17.8 Å². The quantitative estimate of drug-likeness (QED) is 0.148. The molecule has 18 rings (SSSR count). The minimum absolute atomic E-state index is 0.152. The number of nitrogens with zero attached hydrogens (tertiary/aromatic N) is 6. The van der Waals surface area contributed by atoms with Gasteiger partial charge in [0, 0.05) is 79.6 Å². The molecule has 0 radical (unpaired) electrons. The van der Waals surface area contributed by atoms with Gasteiger partial charge in [0.25, 0.3) is 0 Å². The number of nitrogens with one attached hydrogen (secondary N) is 1. The van der Waals surface area contributed by atoms with Crippen LogP contribution in [0, 0.1) is 34.5 Å². The van der Waals surface area contributed by atoms with Gasteiger partial charge in [-0.3, -0.25) is 0 Å². The van der Waals surface area contributed by atoms with Crippen molar-refractivity contribution in [3.8, 4) is 34.9 Å². The van der Waals surface area contributed by atoms with Crippen LogP contribution in [0.4, 0.5) is 11.4 Å². The summed E-state index contributed by atoms with van der Waals surface area (Å²) in [6.07, 6.45) is 63.4. The van der Waals surface area contributed by atoms with E-state index in [1.165, 1.54) is 61.2 Å². The van der Waals surface area contributed by atoms with E-state index < -0.39 is 0 Å². The summed E-state index contributed by atoms with van der Waals surface area (Å²) >= 11 is 0. The molecule has 0 saturated carbocycles. The van der Waals surface area contributed by atoms with E-state index >= 15 is 0 Å². The zero-order valence-corrected chi connectivity index (χ0v) is 52.4. The molecule has 1 N–H and O–H groups in total. The van der Waals surface area contributed by atoms with E-state index in [1.54, 1.807) is 0 Å². The fraction of sp³-hybridized carbons (Fsp3) is 0.209.